The average molecular weight is 221 g/mol. The van der Waals surface area contributed by atoms with E-state index in [4.69, 9.17) is 9.84 Å². The predicted molar refractivity (Wildman–Crippen MR) is 49.9 cm³/mol. The first-order valence-corrected chi connectivity index (χ1v) is 4.13. The Labute approximate surface area is 75.7 Å². The first kappa shape index (κ1) is 10.7. The fraction of sp³-hybridized carbons (Fsp3) is 0.500. The molecule has 0 fully saturated rings. The van der Waals surface area contributed by atoms with Crippen LogP contribution in [0.15, 0.2) is 22.4 Å². The maximum atomic E-state index is 8.81. The van der Waals surface area contributed by atoms with E-state index in [9.17, 15) is 0 Å². The molecule has 64 valence electrons. The number of hydrogen-bond acceptors (Lipinski definition) is 2. The molecule has 0 unspecified atom stereocenters. The summed E-state index contributed by atoms with van der Waals surface area (Å²) in [7, 11) is 1.63. The number of ether oxygens (including phenoxy) is 1. The van der Waals surface area contributed by atoms with Crippen molar-refractivity contribution in [2.45, 2.75) is 20.0 Å². The molecule has 0 rings (SSSR count). The van der Waals surface area contributed by atoms with E-state index in [2.05, 4.69) is 15.9 Å². The molecule has 0 saturated heterocycles. The molecule has 0 aliphatic carbocycles. The van der Waals surface area contributed by atoms with Crippen LogP contribution in [0.2, 0.25) is 0 Å². The monoisotopic (exact) mass is 220 g/mol. The van der Waals surface area contributed by atoms with Crippen LogP contribution < -0.4 is 0 Å². The zero-order chi connectivity index (χ0) is 8.85. The summed E-state index contributed by atoms with van der Waals surface area (Å²) in [5.74, 6) is 0.283. The minimum absolute atomic E-state index is 0.0330. The van der Waals surface area contributed by atoms with E-state index in [1.165, 1.54) is 0 Å². The Morgan fingerprint density at radius 3 is 2.45 bits per heavy atom. The lowest BCUT2D eigenvalue weighted by Crippen LogP contribution is -2.03. The second-order valence-electron chi connectivity index (χ2n) is 2.24. The molecular formula is C8H13BrO2. The third-order valence-electron chi connectivity index (χ3n) is 1.23. The highest BCUT2D eigenvalue weighted by Gasteiger charge is 2.00. The van der Waals surface area contributed by atoms with Gasteiger partial charge in [0.1, 0.15) is 0 Å². The Kier molecular flexibility index (Phi) is 5.24. The molecule has 0 heterocycles. The molecule has 0 aliphatic rings. The van der Waals surface area contributed by atoms with Crippen LogP contribution in [0.1, 0.15) is 13.8 Å². The molecule has 0 amide bonds. The maximum absolute atomic E-state index is 8.81. The number of halogens is 1. The van der Waals surface area contributed by atoms with E-state index in [0.29, 0.717) is 0 Å². The largest absolute Gasteiger partial charge is 0.513 e. The number of hydrogen-bond donors (Lipinski definition) is 1. The summed E-state index contributed by atoms with van der Waals surface area (Å²) < 4.78 is 5.93. The van der Waals surface area contributed by atoms with Gasteiger partial charge in [0.15, 0.2) is 0 Å². The van der Waals surface area contributed by atoms with Gasteiger partial charge in [0.25, 0.3) is 0 Å². The molecule has 0 aromatic carbocycles. The van der Waals surface area contributed by atoms with Crippen molar-refractivity contribution >= 4 is 15.9 Å². The molecule has 3 heteroatoms. The number of rotatable bonds is 3. The summed E-state index contributed by atoms with van der Waals surface area (Å²) >= 11 is 3.31. The van der Waals surface area contributed by atoms with Crippen LogP contribution in [0.25, 0.3) is 0 Å². The lowest BCUT2D eigenvalue weighted by Gasteiger charge is -2.06. The predicted octanol–water partition coefficient (Wildman–Crippen LogP) is 2.76. The van der Waals surface area contributed by atoms with Gasteiger partial charge in [-0.1, -0.05) is 15.9 Å². The third kappa shape index (κ3) is 5.04. The molecule has 2 nitrogen and oxygen atoms in total. The fourth-order valence-electron chi connectivity index (χ4n) is 0.448. The van der Waals surface area contributed by atoms with E-state index >= 15 is 0 Å². The van der Waals surface area contributed by atoms with Gasteiger partial charge in [0.05, 0.1) is 11.9 Å². The number of methoxy groups -OCH3 is 1. The van der Waals surface area contributed by atoms with Crippen molar-refractivity contribution in [2.75, 3.05) is 7.11 Å². The Morgan fingerprint density at radius 1 is 1.55 bits per heavy atom. The van der Waals surface area contributed by atoms with Gasteiger partial charge in [-0.05, 0) is 26.0 Å². The first-order chi connectivity index (χ1) is 5.07. The van der Waals surface area contributed by atoms with Crippen molar-refractivity contribution in [1.82, 2.24) is 0 Å². The summed E-state index contributed by atoms with van der Waals surface area (Å²) in [4.78, 5) is 0. The standard InChI is InChI=1S/C8H13BrO2/c1-6(10)4-5-8(9)7(2)11-3/h4-5,7,10H,1-3H3/b6-4+,8-5?/t7-/m0/s1. The molecule has 11 heavy (non-hydrogen) atoms. The van der Waals surface area contributed by atoms with Crippen LogP contribution in [0.5, 0.6) is 0 Å². The SMILES string of the molecule is CO[C@@H](C)C(Br)=C/C=C(\C)O. The normalized spacial score (nSPS) is 16.7. The number of aliphatic hydroxyl groups excluding tert-OH is 1. The molecule has 0 bridgehead atoms. The maximum Gasteiger partial charge on any atom is 0.0892 e. The summed E-state index contributed by atoms with van der Waals surface area (Å²) in [5, 5.41) is 8.81. The topological polar surface area (TPSA) is 29.5 Å². The van der Waals surface area contributed by atoms with Crippen LogP contribution in [0.3, 0.4) is 0 Å². The Bertz CT molecular complexity index is 169. The van der Waals surface area contributed by atoms with Crippen molar-refractivity contribution in [1.29, 1.82) is 0 Å². The van der Waals surface area contributed by atoms with E-state index in [1.54, 1.807) is 26.2 Å². The van der Waals surface area contributed by atoms with Crippen molar-refractivity contribution in [3.05, 3.63) is 22.4 Å². The molecule has 1 atom stereocenters. The van der Waals surface area contributed by atoms with Gasteiger partial charge in [-0.15, -0.1) is 0 Å². The lowest BCUT2D eigenvalue weighted by atomic mass is 10.3. The van der Waals surface area contributed by atoms with Gasteiger partial charge in [-0.25, -0.2) is 0 Å². The third-order valence-corrected chi connectivity index (χ3v) is 2.13. The second-order valence-corrected chi connectivity index (χ2v) is 3.15. The Balaban J connectivity index is 4.11. The highest BCUT2D eigenvalue weighted by molar-refractivity contribution is 9.11. The molecule has 0 spiro atoms. The zero-order valence-corrected chi connectivity index (χ0v) is 8.55. The smallest absolute Gasteiger partial charge is 0.0892 e. The molecule has 0 aromatic rings. The number of aliphatic hydroxyl groups is 1. The van der Waals surface area contributed by atoms with Crippen LogP contribution in [-0.4, -0.2) is 18.3 Å². The number of allylic oxidation sites excluding steroid dienone is 3. The fourth-order valence-corrected chi connectivity index (χ4v) is 0.767. The van der Waals surface area contributed by atoms with E-state index < -0.39 is 0 Å². The van der Waals surface area contributed by atoms with Gasteiger partial charge in [0.2, 0.25) is 0 Å². The van der Waals surface area contributed by atoms with Crippen LogP contribution in [-0.2, 0) is 4.74 Å². The summed E-state index contributed by atoms with van der Waals surface area (Å²) in [6.07, 6.45) is 3.41. The summed E-state index contributed by atoms with van der Waals surface area (Å²) in [5.41, 5.74) is 0. The summed E-state index contributed by atoms with van der Waals surface area (Å²) in [6.45, 7) is 3.54. The average Bonchev–Trinajstić information content (AvgIpc) is 1.98. The van der Waals surface area contributed by atoms with Gasteiger partial charge < -0.3 is 9.84 Å². The van der Waals surface area contributed by atoms with Crippen LogP contribution >= 0.6 is 15.9 Å². The first-order valence-electron chi connectivity index (χ1n) is 3.33. The van der Waals surface area contributed by atoms with Crippen molar-refractivity contribution in [2.24, 2.45) is 0 Å². The molecule has 0 aromatic heterocycles. The quantitative estimate of drug-likeness (QED) is 0.586. The summed E-state index contributed by atoms with van der Waals surface area (Å²) in [6, 6.07) is 0. The van der Waals surface area contributed by atoms with Crippen molar-refractivity contribution in [3.8, 4) is 0 Å². The lowest BCUT2D eigenvalue weighted by molar-refractivity contribution is 0.154. The molecular weight excluding hydrogens is 208 g/mol. The second kappa shape index (κ2) is 5.38. The highest BCUT2D eigenvalue weighted by atomic mass is 79.9. The van der Waals surface area contributed by atoms with Gasteiger partial charge >= 0.3 is 0 Å². The zero-order valence-electron chi connectivity index (χ0n) is 6.97. The van der Waals surface area contributed by atoms with E-state index in [-0.39, 0.29) is 11.9 Å². The highest BCUT2D eigenvalue weighted by Crippen LogP contribution is 2.13. The molecule has 0 saturated carbocycles. The van der Waals surface area contributed by atoms with E-state index in [1.807, 2.05) is 6.92 Å². The molecule has 1 N–H and O–H groups in total. The van der Waals surface area contributed by atoms with Crippen molar-refractivity contribution in [3.63, 3.8) is 0 Å². The van der Waals surface area contributed by atoms with Crippen molar-refractivity contribution < 1.29 is 9.84 Å². The van der Waals surface area contributed by atoms with Gasteiger partial charge in [0, 0.05) is 11.6 Å². The van der Waals surface area contributed by atoms with Gasteiger partial charge in [-0.2, -0.15) is 0 Å². The minimum atomic E-state index is 0.0330. The Morgan fingerprint density at radius 2 is 2.09 bits per heavy atom. The minimum Gasteiger partial charge on any atom is -0.513 e. The molecule has 0 aliphatic heterocycles. The van der Waals surface area contributed by atoms with E-state index in [0.717, 1.165) is 4.48 Å². The molecule has 0 radical (unpaired) electrons. The van der Waals surface area contributed by atoms with Crippen LogP contribution in [0.4, 0.5) is 0 Å². The Hall–Kier alpha value is -0.280. The van der Waals surface area contributed by atoms with Crippen LogP contribution in [0, 0.1) is 0 Å². The van der Waals surface area contributed by atoms with Gasteiger partial charge in [-0.3, -0.25) is 0 Å².